The monoisotopic (exact) mass is 351 g/mol. The molecule has 1 aliphatic heterocycles. The van der Waals surface area contributed by atoms with Crippen molar-refractivity contribution >= 4 is 5.91 Å². The zero-order chi connectivity index (χ0) is 18.1. The van der Waals surface area contributed by atoms with Gasteiger partial charge in [-0.1, -0.05) is 12.1 Å². The molecule has 7 nitrogen and oxygen atoms in total. The predicted octanol–water partition coefficient (Wildman–Crippen LogP) is 2.36. The molecule has 4 rings (SSSR count). The topological polar surface area (TPSA) is 76.0 Å². The molecule has 0 atom stereocenters. The Hall–Kier alpha value is -3.09. The number of nitrogens with one attached hydrogen (secondary N) is 1. The number of nitrogens with zero attached hydrogens (tertiary/aromatic N) is 4. The van der Waals surface area contributed by atoms with Crippen LogP contribution in [0.2, 0.25) is 0 Å². The molecule has 1 aromatic carbocycles. The standard InChI is InChI=1S/C19H21N5O2/c1-13-8-20-24(9-13)12-14-10-23(11-14)19(25)17-7-16(21-22-17)15-5-3-4-6-18(15)26-2/h3-9,14H,10-12H2,1-2H3,(H,21,22). The zero-order valence-corrected chi connectivity index (χ0v) is 14.8. The van der Waals surface area contributed by atoms with Gasteiger partial charge in [-0.05, 0) is 30.7 Å². The van der Waals surface area contributed by atoms with E-state index in [9.17, 15) is 4.79 Å². The number of para-hydroxylation sites is 1. The summed E-state index contributed by atoms with van der Waals surface area (Å²) in [6.45, 7) is 4.34. The van der Waals surface area contributed by atoms with Gasteiger partial charge in [0.25, 0.3) is 5.91 Å². The van der Waals surface area contributed by atoms with Crippen LogP contribution in [0, 0.1) is 12.8 Å². The number of hydrogen-bond acceptors (Lipinski definition) is 4. The molecular formula is C19H21N5O2. The molecule has 26 heavy (non-hydrogen) atoms. The lowest BCUT2D eigenvalue weighted by Crippen LogP contribution is -2.51. The van der Waals surface area contributed by atoms with Gasteiger partial charge >= 0.3 is 0 Å². The Morgan fingerprint density at radius 1 is 1.35 bits per heavy atom. The number of carbonyl (C=O) groups is 1. The molecule has 0 bridgehead atoms. The van der Waals surface area contributed by atoms with Crippen LogP contribution in [0.1, 0.15) is 16.1 Å². The maximum atomic E-state index is 12.6. The molecule has 0 radical (unpaired) electrons. The summed E-state index contributed by atoms with van der Waals surface area (Å²) >= 11 is 0. The van der Waals surface area contributed by atoms with Crippen LogP contribution in [0.3, 0.4) is 0 Å². The molecule has 1 N–H and O–H groups in total. The highest BCUT2D eigenvalue weighted by Gasteiger charge is 2.32. The maximum Gasteiger partial charge on any atom is 0.271 e. The van der Waals surface area contributed by atoms with Crippen LogP contribution in [0.25, 0.3) is 11.3 Å². The number of likely N-dealkylation sites (tertiary alicyclic amines) is 1. The van der Waals surface area contributed by atoms with Gasteiger partial charge in [-0.15, -0.1) is 0 Å². The highest BCUT2D eigenvalue weighted by Crippen LogP contribution is 2.29. The number of aromatic amines is 1. The van der Waals surface area contributed by atoms with Crippen LogP contribution in [0.5, 0.6) is 5.75 Å². The Balaban J connectivity index is 1.40. The number of carbonyl (C=O) groups excluding carboxylic acids is 1. The first-order valence-electron chi connectivity index (χ1n) is 8.61. The van der Waals surface area contributed by atoms with E-state index in [0.717, 1.165) is 36.5 Å². The highest BCUT2D eigenvalue weighted by molar-refractivity contribution is 5.94. The lowest BCUT2D eigenvalue weighted by Gasteiger charge is -2.38. The number of aryl methyl sites for hydroxylation is 1. The lowest BCUT2D eigenvalue weighted by molar-refractivity contribution is 0.0455. The zero-order valence-electron chi connectivity index (χ0n) is 14.8. The summed E-state index contributed by atoms with van der Waals surface area (Å²) in [5, 5.41) is 11.4. The minimum atomic E-state index is -0.0217. The van der Waals surface area contributed by atoms with E-state index in [2.05, 4.69) is 15.3 Å². The Morgan fingerprint density at radius 2 is 2.15 bits per heavy atom. The Bertz CT molecular complexity index is 923. The van der Waals surface area contributed by atoms with E-state index >= 15 is 0 Å². The summed E-state index contributed by atoms with van der Waals surface area (Å²) in [7, 11) is 1.62. The molecule has 0 spiro atoms. The smallest absolute Gasteiger partial charge is 0.271 e. The van der Waals surface area contributed by atoms with Gasteiger partial charge < -0.3 is 9.64 Å². The van der Waals surface area contributed by atoms with E-state index in [-0.39, 0.29) is 5.91 Å². The summed E-state index contributed by atoms with van der Waals surface area (Å²) in [6, 6.07) is 9.41. The average molecular weight is 351 g/mol. The molecule has 0 aliphatic carbocycles. The second-order valence-corrected chi connectivity index (χ2v) is 6.68. The van der Waals surface area contributed by atoms with Gasteiger partial charge in [0.15, 0.2) is 0 Å². The number of benzene rings is 1. The summed E-state index contributed by atoms with van der Waals surface area (Å²) in [5.41, 5.74) is 3.22. The van der Waals surface area contributed by atoms with Crippen molar-refractivity contribution in [3.8, 4) is 17.0 Å². The van der Waals surface area contributed by atoms with Gasteiger partial charge in [0, 0.05) is 37.3 Å². The number of hydrogen-bond donors (Lipinski definition) is 1. The molecule has 134 valence electrons. The normalized spacial score (nSPS) is 14.3. The second-order valence-electron chi connectivity index (χ2n) is 6.68. The maximum absolute atomic E-state index is 12.6. The van der Waals surface area contributed by atoms with Crippen LogP contribution in [0.4, 0.5) is 0 Å². The second kappa shape index (κ2) is 6.67. The van der Waals surface area contributed by atoms with E-state index in [4.69, 9.17) is 4.74 Å². The quantitative estimate of drug-likeness (QED) is 0.766. The van der Waals surface area contributed by atoms with Gasteiger partial charge in [-0.2, -0.15) is 10.2 Å². The van der Waals surface area contributed by atoms with Crippen molar-refractivity contribution in [2.24, 2.45) is 5.92 Å². The first kappa shape index (κ1) is 16.4. The van der Waals surface area contributed by atoms with Crippen molar-refractivity contribution in [1.82, 2.24) is 24.9 Å². The Labute approximate surface area is 151 Å². The third-order valence-electron chi connectivity index (χ3n) is 4.64. The Kier molecular flexibility index (Phi) is 4.20. The number of ether oxygens (including phenoxy) is 1. The molecule has 1 fully saturated rings. The fraction of sp³-hybridized carbons (Fsp3) is 0.316. The third kappa shape index (κ3) is 3.08. The molecule has 1 amide bonds. The number of aromatic nitrogens is 4. The summed E-state index contributed by atoms with van der Waals surface area (Å²) in [6.07, 6.45) is 3.88. The van der Waals surface area contributed by atoms with E-state index in [0.29, 0.717) is 17.3 Å². The Morgan fingerprint density at radius 3 is 2.88 bits per heavy atom. The van der Waals surface area contributed by atoms with Crippen molar-refractivity contribution in [3.05, 3.63) is 54.0 Å². The van der Waals surface area contributed by atoms with E-state index in [1.165, 1.54) is 0 Å². The fourth-order valence-corrected chi connectivity index (χ4v) is 3.28. The third-order valence-corrected chi connectivity index (χ3v) is 4.64. The molecule has 3 heterocycles. The van der Waals surface area contributed by atoms with Crippen LogP contribution < -0.4 is 4.74 Å². The van der Waals surface area contributed by atoms with Crippen LogP contribution >= 0.6 is 0 Å². The number of H-pyrrole nitrogens is 1. The van der Waals surface area contributed by atoms with Crippen molar-refractivity contribution in [2.75, 3.05) is 20.2 Å². The van der Waals surface area contributed by atoms with Crippen molar-refractivity contribution in [3.63, 3.8) is 0 Å². The van der Waals surface area contributed by atoms with Gasteiger partial charge in [0.2, 0.25) is 0 Å². The first-order valence-corrected chi connectivity index (χ1v) is 8.61. The van der Waals surface area contributed by atoms with Crippen molar-refractivity contribution in [2.45, 2.75) is 13.5 Å². The lowest BCUT2D eigenvalue weighted by atomic mass is 9.99. The van der Waals surface area contributed by atoms with Crippen molar-refractivity contribution < 1.29 is 9.53 Å². The highest BCUT2D eigenvalue weighted by atomic mass is 16.5. The van der Waals surface area contributed by atoms with E-state index < -0.39 is 0 Å². The van der Waals surface area contributed by atoms with E-state index in [1.807, 2.05) is 53.2 Å². The molecule has 1 saturated heterocycles. The van der Waals surface area contributed by atoms with Gasteiger partial charge in [-0.25, -0.2) is 0 Å². The predicted molar refractivity (Wildman–Crippen MR) is 96.9 cm³/mol. The van der Waals surface area contributed by atoms with Crippen molar-refractivity contribution in [1.29, 1.82) is 0 Å². The fourth-order valence-electron chi connectivity index (χ4n) is 3.28. The summed E-state index contributed by atoms with van der Waals surface area (Å²) < 4.78 is 7.31. The summed E-state index contributed by atoms with van der Waals surface area (Å²) in [5.74, 6) is 1.15. The van der Waals surface area contributed by atoms with Crippen LogP contribution in [-0.4, -0.2) is 51.0 Å². The molecule has 0 unspecified atom stereocenters. The summed E-state index contributed by atoms with van der Waals surface area (Å²) in [4.78, 5) is 14.5. The molecule has 1 aliphatic rings. The largest absolute Gasteiger partial charge is 0.496 e. The average Bonchev–Trinajstić information content (AvgIpc) is 3.26. The van der Waals surface area contributed by atoms with Gasteiger partial charge in [0.1, 0.15) is 11.4 Å². The molecular weight excluding hydrogens is 330 g/mol. The number of amides is 1. The van der Waals surface area contributed by atoms with Crippen LogP contribution in [-0.2, 0) is 6.54 Å². The first-order chi connectivity index (χ1) is 12.6. The minimum absolute atomic E-state index is 0.0217. The SMILES string of the molecule is COc1ccccc1-c1cc(C(=O)N2CC(Cn3cc(C)cn3)C2)[nH]n1. The minimum Gasteiger partial charge on any atom is -0.496 e. The number of methoxy groups -OCH3 is 1. The van der Waals surface area contributed by atoms with Gasteiger partial charge in [-0.3, -0.25) is 14.6 Å². The molecule has 2 aromatic heterocycles. The molecule has 7 heteroatoms. The number of rotatable bonds is 5. The van der Waals surface area contributed by atoms with E-state index in [1.54, 1.807) is 13.2 Å². The van der Waals surface area contributed by atoms with Crippen LogP contribution in [0.15, 0.2) is 42.7 Å². The molecule has 3 aromatic rings. The van der Waals surface area contributed by atoms with Gasteiger partial charge in [0.05, 0.1) is 19.0 Å². The molecule has 0 saturated carbocycles.